The van der Waals surface area contributed by atoms with Gasteiger partial charge >= 0.3 is 0 Å². The van der Waals surface area contributed by atoms with Crippen molar-refractivity contribution in [1.82, 2.24) is 9.21 Å². The Morgan fingerprint density at radius 1 is 1.19 bits per heavy atom. The number of rotatable bonds is 4. The van der Waals surface area contributed by atoms with E-state index < -0.39 is 10.0 Å². The van der Waals surface area contributed by atoms with Crippen molar-refractivity contribution in [2.45, 2.75) is 13.8 Å². The second kappa shape index (κ2) is 5.00. The van der Waals surface area contributed by atoms with Crippen LogP contribution in [0.3, 0.4) is 0 Å². The zero-order valence-corrected chi connectivity index (χ0v) is 11.3. The lowest BCUT2D eigenvalue weighted by molar-refractivity contribution is 0.136. The Morgan fingerprint density at radius 2 is 1.69 bits per heavy atom. The molecule has 2 N–H and O–H groups in total. The Balaban J connectivity index is 2.44. The van der Waals surface area contributed by atoms with Crippen LogP contribution in [0.2, 0.25) is 0 Å². The van der Waals surface area contributed by atoms with Crippen LogP contribution in [0, 0.1) is 5.41 Å². The summed E-state index contributed by atoms with van der Waals surface area (Å²) in [5, 5.41) is 0. The monoisotopic (exact) mass is 249 g/mol. The van der Waals surface area contributed by atoms with Crippen molar-refractivity contribution in [3.63, 3.8) is 0 Å². The van der Waals surface area contributed by atoms with Gasteiger partial charge in [0.15, 0.2) is 0 Å². The van der Waals surface area contributed by atoms with E-state index in [1.165, 1.54) is 6.26 Å². The molecule has 0 aromatic rings. The second-order valence-electron chi connectivity index (χ2n) is 5.31. The van der Waals surface area contributed by atoms with Gasteiger partial charge in [0.05, 0.1) is 6.26 Å². The van der Waals surface area contributed by atoms with E-state index >= 15 is 0 Å². The van der Waals surface area contributed by atoms with Crippen LogP contribution >= 0.6 is 0 Å². The van der Waals surface area contributed by atoms with E-state index in [0.717, 1.165) is 19.6 Å². The van der Waals surface area contributed by atoms with Crippen LogP contribution in [0.4, 0.5) is 0 Å². The minimum absolute atomic E-state index is 0.104. The van der Waals surface area contributed by atoms with Gasteiger partial charge in [0.2, 0.25) is 10.0 Å². The first-order chi connectivity index (χ1) is 7.24. The molecule has 6 heteroatoms. The van der Waals surface area contributed by atoms with Crippen molar-refractivity contribution in [1.29, 1.82) is 0 Å². The van der Waals surface area contributed by atoms with Crippen molar-refractivity contribution in [3.05, 3.63) is 0 Å². The molecule has 1 rings (SSSR count). The van der Waals surface area contributed by atoms with Gasteiger partial charge < -0.3 is 10.6 Å². The average molecular weight is 249 g/mol. The topological polar surface area (TPSA) is 66.6 Å². The largest absolute Gasteiger partial charge is 0.330 e. The zero-order valence-electron chi connectivity index (χ0n) is 10.4. The number of sulfonamides is 1. The van der Waals surface area contributed by atoms with Crippen molar-refractivity contribution in [3.8, 4) is 0 Å². The molecule has 16 heavy (non-hydrogen) atoms. The van der Waals surface area contributed by atoms with E-state index in [9.17, 15) is 8.42 Å². The van der Waals surface area contributed by atoms with Crippen molar-refractivity contribution < 1.29 is 8.42 Å². The summed E-state index contributed by atoms with van der Waals surface area (Å²) in [5.41, 5.74) is 5.79. The number of nitrogens with two attached hydrogens (primary N) is 1. The Labute approximate surface area is 98.6 Å². The Hall–Kier alpha value is -0.170. The fourth-order valence-electron chi connectivity index (χ4n) is 1.89. The molecule has 1 saturated heterocycles. The number of piperazine rings is 1. The van der Waals surface area contributed by atoms with Gasteiger partial charge in [-0.3, -0.25) is 0 Å². The summed E-state index contributed by atoms with van der Waals surface area (Å²) in [5.74, 6) is 0. The Bertz CT molecular complexity index is 319. The van der Waals surface area contributed by atoms with Gasteiger partial charge in [-0.2, -0.15) is 4.31 Å². The lowest BCUT2D eigenvalue weighted by atomic mass is 9.93. The third kappa shape index (κ3) is 4.01. The van der Waals surface area contributed by atoms with E-state index in [2.05, 4.69) is 18.7 Å². The standard InChI is InChI=1S/C10H23N3O2S/c1-10(2,8-11)9-12-4-6-13(7-5-12)16(3,14)15/h4-9,11H2,1-3H3. The van der Waals surface area contributed by atoms with Crippen molar-refractivity contribution in [2.75, 3.05) is 45.5 Å². The fraction of sp³-hybridized carbons (Fsp3) is 1.00. The molecule has 0 radical (unpaired) electrons. The van der Waals surface area contributed by atoms with Crippen LogP contribution in [-0.2, 0) is 10.0 Å². The molecule has 1 aliphatic heterocycles. The number of hydrogen-bond acceptors (Lipinski definition) is 4. The molecule has 0 unspecified atom stereocenters. The maximum Gasteiger partial charge on any atom is 0.211 e. The fourth-order valence-corrected chi connectivity index (χ4v) is 2.72. The molecule has 0 amide bonds. The summed E-state index contributed by atoms with van der Waals surface area (Å²) in [6.45, 7) is 8.65. The van der Waals surface area contributed by atoms with Gasteiger partial charge in [-0.05, 0) is 12.0 Å². The highest BCUT2D eigenvalue weighted by Crippen LogP contribution is 2.16. The summed E-state index contributed by atoms with van der Waals surface area (Å²) in [6, 6.07) is 0. The molecule has 0 bridgehead atoms. The van der Waals surface area contributed by atoms with Crippen molar-refractivity contribution in [2.24, 2.45) is 11.1 Å². The lowest BCUT2D eigenvalue weighted by Crippen LogP contribution is -2.51. The molecule has 0 aromatic heterocycles. The Kier molecular flexibility index (Phi) is 4.34. The smallest absolute Gasteiger partial charge is 0.211 e. The molecule has 0 aliphatic carbocycles. The maximum absolute atomic E-state index is 11.3. The van der Waals surface area contributed by atoms with E-state index in [-0.39, 0.29) is 5.41 Å². The summed E-state index contributed by atoms with van der Waals surface area (Å²) >= 11 is 0. The number of hydrogen-bond donors (Lipinski definition) is 1. The van der Waals surface area contributed by atoms with Gasteiger partial charge in [-0.1, -0.05) is 13.8 Å². The van der Waals surface area contributed by atoms with E-state index in [4.69, 9.17) is 5.73 Å². The molecule has 5 nitrogen and oxygen atoms in total. The molecule has 1 heterocycles. The van der Waals surface area contributed by atoms with Crippen LogP contribution in [0.1, 0.15) is 13.8 Å². The minimum Gasteiger partial charge on any atom is -0.330 e. The van der Waals surface area contributed by atoms with E-state index in [0.29, 0.717) is 19.6 Å². The zero-order chi connectivity index (χ0) is 12.4. The first-order valence-electron chi connectivity index (χ1n) is 5.62. The Morgan fingerprint density at radius 3 is 2.06 bits per heavy atom. The van der Waals surface area contributed by atoms with Gasteiger partial charge in [0.1, 0.15) is 0 Å². The number of nitrogens with zero attached hydrogens (tertiary/aromatic N) is 2. The second-order valence-corrected chi connectivity index (χ2v) is 7.29. The van der Waals surface area contributed by atoms with Gasteiger partial charge in [-0.25, -0.2) is 8.42 Å². The summed E-state index contributed by atoms with van der Waals surface area (Å²) in [7, 11) is -3.02. The molecule has 1 aliphatic rings. The normalized spacial score (nSPS) is 21.2. The average Bonchev–Trinajstić information content (AvgIpc) is 2.16. The van der Waals surface area contributed by atoms with Crippen LogP contribution in [0.25, 0.3) is 0 Å². The quantitative estimate of drug-likeness (QED) is 0.733. The minimum atomic E-state index is -3.02. The van der Waals surface area contributed by atoms with Crippen LogP contribution < -0.4 is 5.73 Å². The summed E-state index contributed by atoms with van der Waals surface area (Å²) in [4.78, 5) is 2.29. The molecular weight excluding hydrogens is 226 g/mol. The lowest BCUT2D eigenvalue weighted by Gasteiger charge is -2.37. The first kappa shape index (κ1) is 13.9. The molecule has 1 fully saturated rings. The van der Waals surface area contributed by atoms with Crippen LogP contribution in [0.15, 0.2) is 0 Å². The van der Waals surface area contributed by atoms with Gasteiger partial charge in [0, 0.05) is 32.7 Å². The molecule has 0 saturated carbocycles. The summed E-state index contributed by atoms with van der Waals surface area (Å²) < 4.78 is 24.2. The highest BCUT2D eigenvalue weighted by molar-refractivity contribution is 7.88. The third-order valence-electron chi connectivity index (χ3n) is 3.00. The van der Waals surface area contributed by atoms with Crippen LogP contribution in [-0.4, -0.2) is 63.1 Å². The van der Waals surface area contributed by atoms with Gasteiger partial charge in [-0.15, -0.1) is 0 Å². The molecule has 0 atom stereocenters. The van der Waals surface area contributed by atoms with E-state index in [1.807, 2.05) is 0 Å². The van der Waals surface area contributed by atoms with Gasteiger partial charge in [0.25, 0.3) is 0 Å². The highest BCUT2D eigenvalue weighted by atomic mass is 32.2. The SMILES string of the molecule is CC(C)(CN)CN1CCN(S(C)(=O)=O)CC1. The predicted molar refractivity (Wildman–Crippen MR) is 65.7 cm³/mol. The first-order valence-corrected chi connectivity index (χ1v) is 7.47. The maximum atomic E-state index is 11.3. The van der Waals surface area contributed by atoms with Crippen molar-refractivity contribution >= 4 is 10.0 Å². The highest BCUT2D eigenvalue weighted by Gasteiger charge is 2.26. The predicted octanol–water partition coefficient (Wildman–Crippen LogP) is -0.451. The van der Waals surface area contributed by atoms with E-state index in [1.54, 1.807) is 4.31 Å². The van der Waals surface area contributed by atoms with Crippen LogP contribution in [0.5, 0.6) is 0 Å². The molecule has 0 aromatic carbocycles. The molecular formula is C10H23N3O2S. The third-order valence-corrected chi connectivity index (χ3v) is 4.31. The summed E-state index contributed by atoms with van der Waals surface area (Å²) in [6.07, 6.45) is 1.27. The molecule has 0 spiro atoms. The molecule has 96 valence electrons.